The number of thioether (sulfide) groups is 1. The Balaban J connectivity index is 1.93. The molecule has 0 bridgehead atoms. The van der Waals surface area contributed by atoms with Gasteiger partial charge < -0.3 is 5.32 Å². The van der Waals surface area contributed by atoms with Crippen molar-refractivity contribution in [1.82, 2.24) is 5.32 Å². The molecule has 2 rings (SSSR count). The summed E-state index contributed by atoms with van der Waals surface area (Å²) in [5.74, 6) is 1.91. The first-order chi connectivity index (χ1) is 8.29. The van der Waals surface area contributed by atoms with Gasteiger partial charge in [0.1, 0.15) is 0 Å². The molecule has 0 saturated heterocycles. The van der Waals surface area contributed by atoms with E-state index in [0.717, 1.165) is 12.6 Å². The summed E-state index contributed by atoms with van der Waals surface area (Å²) in [6.45, 7) is 1.13. The Labute approximate surface area is 117 Å². The van der Waals surface area contributed by atoms with Crippen LogP contribution in [0.3, 0.4) is 0 Å². The summed E-state index contributed by atoms with van der Waals surface area (Å²) < 4.78 is 1.17. The van der Waals surface area contributed by atoms with E-state index in [1.54, 1.807) is 0 Å². The first-order valence-corrected chi connectivity index (χ1v) is 8.46. The Hall–Kier alpha value is 0.01000. The Morgan fingerprint density at radius 1 is 1.35 bits per heavy atom. The molecule has 17 heavy (non-hydrogen) atoms. The molecular weight excluding hydrogens is 294 g/mol. The zero-order valence-electron chi connectivity index (χ0n) is 10.3. The maximum absolute atomic E-state index is 3.66. The standard InChI is InChI=1S/C14H20BrNS/c1-17-9-8-12(10-16-14-6-7-14)11-2-4-13(15)5-3-11/h2-5,12,14,16H,6-10H2,1H3. The van der Waals surface area contributed by atoms with Gasteiger partial charge in [0.05, 0.1) is 0 Å². The lowest BCUT2D eigenvalue weighted by Crippen LogP contribution is -2.24. The van der Waals surface area contributed by atoms with Gasteiger partial charge in [-0.25, -0.2) is 0 Å². The van der Waals surface area contributed by atoms with Gasteiger partial charge in [0, 0.05) is 17.1 Å². The third kappa shape index (κ3) is 4.65. The number of rotatable bonds is 7. The number of hydrogen-bond donors (Lipinski definition) is 1. The second-order valence-corrected chi connectivity index (χ2v) is 6.61. The summed E-state index contributed by atoms with van der Waals surface area (Å²) >= 11 is 5.44. The van der Waals surface area contributed by atoms with E-state index in [0.29, 0.717) is 5.92 Å². The highest BCUT2D eigenvalue weighted by Gasteiger charge is 2.22. The minimum atomic E-state index is 0.663. The van der Waals surface area contributed by atoms with Crippen LogP contribution in [0.2, 0.25) is 0 Å². The van der Waals surface area contributed by atoms with E-state index in [9.17, 15) is 0 Å². The van der Waals surface area contributed by atoms with E-state index < -0.39 is 0 Å². The molecule has 3 heteroatoms. The fourth-order valence-corrected chi connectivity index (χ4v) is 2.76. The quantitative estimate of drug-likeness (QED) is 0.815. The minimum Gasteiger partial charge on any atom is -0.313 e. The molecule has 1 aliphatic rings. The predicted octanol–water partition coefficient (Wildman–Crippen LogP) is 4.04. The number of nitrogens with one attached hydrogen (secondary N) is 1. The zero-order valence-corrected chi connectivity index (χ0v) is 12.7. The highest BCUT2D eigenvalue weighted by Crippen LogP contribution is 2.25. The van der Waals surface area contributed by atoms with Gasteiger partial charge in [-0.1, -0.05) is 28.1 Å². The molecule has 1 saturated carbocycles. The number of benzene rings is 1. The minimum absolute atomic E-state index is 0.663. The summed E-state index contributed by atoms with van der Waals surface area (Å²) in [6, 6.07) is 9.62. The maximum Gasteiger partial charge on any atom is 0.0175 e. The molecule has 1 atom stereocenters. The van der Waals surface area contributed by atoms with Gasteiger partial charge in [0.25, 0.3) is 0 Å². The van der Waals surface area contributed by atoms with Crippen LogP contribution in [0.5, 0.6) is 0 Å². The van der Waals surface area contributed by atoms with Crippen LogP contribution in [-0.2, 0) is 0 Å². The van der Waals surface area contributed by atoms with Crippen molar-refractivity contribution >= 4 is 27.7 Å². The molecule has 0 amide bonds. The average molecular weight is 314 g/mol. The van der Waals surface area contributed by atoms with Gasteiger partial charge in [-0.3, -0.25) is 0 Å². The van der Waals surface area contributed by atoms with E-state index in [2.05, 4.69) is 51.8 Å². The zero-order chi connectivity index (χ0) is 12.1. The summed E-state index contributed by atoms with van der Waals surface area (Å²) in [6.07, 6.45) is 6.20. The summed E-state index contributed by atoms with van der Waals surface area (Å²) in [4.78, 5) is 0. The van der Waals surface area contributed by atoms with Gasteiger partial charge in [-0.05, 0) is 54.9 Å². The van der Waals surface area contributed by atoms with Crippen LogP contribution in [0.25, 0.3) is 0 Å². The lowest BCUT2D eigenvalue weighted by atomic mass is 9.96. The van der Waals surface area contributed by atoms with Gasteiger partial charge >= 0.3 is 0 Å². The van der Waals surface area contributed by atoms with E-state index >= 15 is 0 Å². The Morgan fingerprint density at radius 2 is 2.06 bits per heavy atom. The van der Waals surface area contributed by atoms with Crippen LogP contribution >= 0.6 is 27.7 Å². The largest absolute Gasteiger partial charge is 0.313 e. The average Bonchev–Trinajstić information content (AvgIpc) is 3.15. The molecule has 1 unspecified atom stereocenters. The normalized spacial score (nSPS) is 17.1. The summed E-state index contributed by atoms with van der Waals surface area (Å²) in [7, 11) is 0. The molecule has 0 aliphatic heterocycles. The Bertz CT molecular complexity index is 335. The number of halogens is 1. The smallest absolute Gasteiger partial charge is 0.0175 e. The second kappa shape index (κ2) is 6.81. The van der Waals surface area contributed by atoms with E-state index in [4.69, 9.17) is 0 Å². The molecule has 0 radical (unpaired) electrons. The summed E-state index contributed by atoms with van der Waals surface area (Å²) in [5.41, 5.74) is 1.47. The van der Waals surface area contributed by atoms with Crippen molar-refractivity contribution < 1.29 is 0 Å². The fraction of sp³-hybridized carbons (Fsp3) is 0.571. The third-order valence-corrected chi connectivity index (χ3v) is 4.41. The Morgan fingerprint density at radius 3 is 2.65 bits per heavy atom. The molecule has 0 aromatic heterocycles. The molecular formula is C14H20BrNS. The van der Waals surface area contributed by atoms with E-state index in [1.807, 2.05) is 11.8 Å². The second-order valence-electron chi connectivity index (χ2n) is 4.71. The topological polar surface area (TPSA) is 12.0 Å². The highest BCUT2D eigenvalue weighted by molar-refractivity contribution is 9.10. The van der Waals surface area contributed by atoms with Crippen molar-refractivity contribution in [1.29, 1.82) is 0 Å². The number of hydrogen-bond acceptors (Lipinski definition) is 2. The fourth-order valence-electron chi connectivity index (χ4n) is 1.98. The van der Waals surface area contributed by atoms with Crippen LogP contribution in [-0.4, -0.2) is 24.6 Å². The summed E-state index contributed by atoms with van der Waals surface area (Å²) in [5, 5.41) is 3.66. The van der Waals surface area contributed by atoms with Crippen LogP contribution in [0.4, 0.5) is 0 Å². The van der Waals surface area contributed by atoms with Crippen molar-refractivity contribution in [3.8, 4) is 0 Å². The maximum atomic E-state index is 3.66. The SMILES string of the molecule is CSCCC(CNC1CC1)c1ccc(Br)cc1. The van der Waals surface area contributed by atoms with Crippen molar-refractivity contribution in [3.05, 3.63) is 34.3 Å². The van der Waals surface area contributed by atoms with Gasteiger partial charge in [0.2, 0.25) is 0 Å². The predicted molar refractivity (Wildman–Crippen MR) is 80.9 cm³/mol. The van der Waals surface area contributed by atoms with Gasteiger partial charge in [-0.15, -0.1) is 0 Å². The van der Waals surface area contributed by atoms with Crippen molar-refractivity contribution in [3.63, 3.8) is 0 Å². The lowest BCUT2D eigenvalue weighted by molar-refractivity contribution is 0.570. The molecule has 1 N–H and O–H groups in total. The van der Waals surface area contributed by atoms with Crippen molar-refractivity contribution in [2.75, 3.05) is 18.6 Å². The van der Waals surface area contributed by atoms with Crippen LogP contribution in [0, 0.1) is 0 Å². The first-order valence-electron chi connectivity index (χ1n) is 6.27. The Kier molecular flexibility index (Phi) is 5.39. The highest BCUT2D eigenvalue weighted by atomic mass is 79.9. The van der Waals surface area contributed by atoms with E-state index in [-0.39, 0.29) is 0 Å². The molecule has 1 aromatic carbocycles. The molecule has 94 valence electrons. The van der Waals surface area contributed by atoms with Crippen LogP contribution in [0.1, 0.15) is 30.7 Å². The molecule has 1 aliphatic carbocycles. The first kappa shape index (κ1) is 13.4. The molecule has 0 heterocycles. The van der Waals surface area contributed by atoms with Crippen LogP contribution in [0.15, 0.2) is 28.7 Å². The van der Waals surface area contributed by atoms with E-state index in [1.165, 1.54) is 35.1 Å². The molecule has 1 nitrogen and oxygen atoms in total. The van der Waals surface area contributed by atoms with Gasteiger partial charge in [0.15, 0.2) is 0 Å². The van der Waals surface area contributed by atoms with Gasteiger partial charge in [-0.2, -0.15) is 11.8 Å². The third-order valence-electron chi connectivity index (χ3n) is 3.24. The van der Waals surface area contributed by atoms with Crippen molar-refractivity contribution in [2.45, 2.75) is 31.2 Å². The molecule has 1 fully saturated rings. The van der Waals surface area contributed by atoms with Crippen molar-refractivity contribution in [2.24, 2.45) is 0 Å². The molecule has 0 spiro atoms. The lowest BCUT2D eigenvalue weighted by Gasteiger charge is -2.17. The molecule has 1 aromatic rings. The van der Waals surface area contributed by atoms with Crippen LogP contribution < -0.4 is 5.32 Å². The monoisotopic (exact) mass is 313 g/mol.